The molecule has 0 spiro atoms. The van der Waals surface area contributed by atoms with Crippen LogP contribution in [0.25, 0.3) is 10.8 Å². The number of fused-ring (bicyclic) bond motifs is 1. The van der Waals surface area contributed by atoms with Gasteiger partial charge in [0.15, 0.2) is 0 Å². The van der Waals surface area contributed by atoms with Crippen LogP contribution >= 0.6 is 0 Å². The molecular weight excluding hydrogens is 317 g/mol. The highest BCUT2D eigenvalue weighted by atomic mass is 19.4. The highest BCUT2D eigenvalue weighted by molar-refractivity contribution is 5.92. The molecule has 0 radical (unpaired) electrons. The molecule has 0 aliphatic rings. The molecule has 0 atom stereocenters. The number of hydrogen-bond donors (Lipinski definition) is 0. The van der Waals surface area contributed by atoms with Crippen LogP contribution in [0.1, 0.15) is 21.5 Å². The third-order valence-electron chi connectivity index (χ3n) is 3.66. The smallest absolute Gasteiger partial charge is 0.420 e. The second-order valence-corrected chi connectivity index (χ2v) is 5.31. The molecular formula is C19H13F3O2. The number of alkyl halides is 3. The number of ether oxygens (including phenoxy) is 1. The van der Waals surface area contributed by atoms with Crippen molar-refractivity contribution >= 4 is 17.1 Å². The Kier molecular flexibility index (Phi) is 4.25. The number of benzene rings is 3. The van der Waals surface area contributed by atoms with E-state index in [0.29, 0.717) is 17.2 Å². The standard InChI is InChI=1S/C19H13F3O2/c20-19(21,22)18-16-8-6-14(11-23)10-15(16)7-9-17(18)24-12-13-4-2-1-3-5-13/h1-11H,12H2. The highest BCUT2D eigenvalue weighted by Crippen LogP contribution is 2.41. The molecule has 2 nitrogen and oxygen atoms in total. The molecule has 5 heteroatoms. The largest absolute Gasteiger partial charge is 0.488 e. The van der Waals surface area contributed by atoms with Gasteiger partial charge >= 0.3 is 6.18 Å². The molecule has 0 aromatic heterocycles. The minimum atomic E-state index is -4.56. The number of aldehydes is 1. The van der Waals surface area contributed by atoms with E-state index in [9.17, 15) is 18.0 Å². The Bertz CT molecular complexity index is 871. The van der Waals surface area contributed by atoms with Crippen LogP contribution in [0.3, 0.4) is 0 Å². The fourth-order valence-electron chi connectivity index (χ4n) is 2.55. The molecule has 0 saturated carbocycles. The van der Waals surface area contributed by atoms with Crippen molar-refractivity contribution in [1.29, 1.82) is 0 Å². The predicted molar refractivity (Wildman–Crippen MR) is 85.1 cm³/mol. The lowest BCUT2D eigenvalue weighted by Gasteiger charge is -2.17. The molecule has 0 amide bonds. The summed E-state index contributed by atoms with van der Waals surface area (Å²) < 4.78 is 46.0. The Labute approximate surface area is 136 Å². The van der Waals surface area contributed by atoms with Crippen LogP contribution in [0.4, 0.5) is 13.2 Å². The fraction of sp³-hybridized carbons (Fsp3) is 0.105. The van der Waals surface area contributed by atoms with Gasteiger partial charge in [0.05, 0.1) is 0 Å². The van der Waals surface area contributed by atoms with E-state index in [2.05, 4.69) is 0 Å². The number of carbonyl (C=O) groups excluding carboxylic acids is 1. The molecule has 0 aliphatic carbocycles. The number of hydrogen-bond acceptors (Lipinski definition) is 2. The molecule has 0 saturated heterocycles. The minimum absolute atomic E-state index is 0.0126. The van der Waals surface area contributed by atoms with Crippen LogP contribution in [-0.4, -0.2) is 6.29 Å². The lowest BCUT2D eigenvalue weighted by molar-refractivity contribution is -0.137. The third kappa shape index (κ3) is 3.25. The van der Waals surface area contributed by atoms with Gasteiger partial charge in [-0.15, -0.1) is 0 Å². The molecule has 0 bridgehead atoms. The van der Waals surface area contributed by atoms with Gasteiger partial charge < -0.3 is 4.74 Å². The maximum absolute atomic E-state index is 13.5. The van der Waals surface area contributed by atoms with E-state index >= 15 is 0 Å². The summed E-state index contributed by atoms with van der Waals surface area (Å²) in [5.41, 5.74) is 0.281. The lowest BCUT2D eigenvalue weighted by atomic mass is 10.0. The molecule has 122 valence electrons. The summed E-state index contributed by atoms with van der Waals surface area (Å²) in [4.78, 5) is 10.8. The summed E-state index contributed by atoms with van der Waals surface area (Å²) in [6.07, 6.45) is -3.96. The van der Waals surface area contributed by atoms with Gasteiger partial charge in [-0.05, 0) is 28.5 Å². The number of halogens is 3. The zero-order valence-corrected chi connectivity index (χ0v) is 12.5. The molecule has 0 unspecified atom stereocenters. The number of carbonyl (C=O) groups is 1. The van der Waals surface area contributed by atoms with Gasteiger partial charge in [-0.3, -0.25) is 4.79 Å². The first-order chi connectivity index (χ1) is 11.5. The van der Waals surface area contributed by atoms with E-state index in [1.807, 2.05) is 6.07 Å². The average molecular weight is 330 g/mol. The average Bonchev–Trinajstić information content (AvgIpc) is 2.58. The van der Waals surface area contributed by atoms with Gasteiger partial charge in [-0.1, -0.05) is 48.5 Å². The Hall–Kier alpha value is -2.82. The highest BCUT2D eigenvalue weighted by Gasteiger charge is 2.36. The fourth-order valence-corrected chi connectivity index (χ4v) is 2.55. The molecule has 0 aliphatic heterocycles. The Morgan fingerprint density at radius 2 is 1.71 bits per heavy atom. The van der Waals surface area contributed by atoms with Crippen molar-refractivity contribution in [2.24, 2.45) is 0 Å². The maximum atomic E-state index is 13.5. The van der Waals surface area contributed by atoms with E-state index in [1.54, 1.807) is 24.3 Å². The van der Waals surface area contributed by atoms with Crippen LogP contribution in [0.15, 0.2) is 60.7 Å². The molecule has 0 N–H and O–H groups in total. The van der Waals surface area contributed by atoms with Crippen LogP contribution in [-0.2, 0) is 12.8 Å². The molecule has 3 aromatic carbocycles. The first-order valence-corrected chi connectivity index (χ1v) is 7.25. The van der Waals surface area contributed by atoms with Gasteiger partial charge in [0.25, 0.3) is 0 Å². The number of rotatable bonds is 4. The second kappa shape index (κ2) is 6.35. The SMILES string of the molecule is O=Cc1ccc2c(C(F)(F)F)c(OCc3ccccc3)ccc2c1. The second-order valence-electron chi connectivity index (χ2n) is 5.31. The van der Waals surface area contributed by atoms with Crippen LogP contribution in [0.5, 0.6) is 5.75 Å². The van der Waals surface area contributed by atoms with Gasteiger partial charge in [0, 0.05) is 5.56 Å². The van der Waals surface area contributed by atoms with Crippen molar-refractivity contribution in [1.82, 2.24) is 0 Å². The minimum Gasteiger partial charge on any atom is -0.488 e. The Morgan fingerprint density at radius 3 is 2.38 bits per heavy atom. The zero-order valence-electron chi connectivity index (χ0n) is 12.5. The monoisotopic (exact) mass is 330 g/mol. The summed E-state index contributed by atoms with van der Waals surface area (Å²) in [6, 6.07) is 15.9. The Morgan fingerprint density at radius 1 is 0.958 bits per heavy atom. The van der Waals surface area contributed by atoms with Crippen molar-refractivity contribution in [3.8, 4) is 5.75 Å². The van der Waals surface area contributed by atoms with Gasteiger partial charge in [-0.2, -0.15) is 13.2 Å². The summed E-state index contributed by atoms with van der Waals surface area (Å²) in [5.74, 6) is -0.224. The summed E-state index contributed by atoms with van der Waals surface area (Å²) in [6.45, 7) is 0.0435. The summed E-state index contributed by atoms with van der Waals surface area (Å²) >= 11 is 0. The van der Waals surface area contributed by atoms with Gasteiger partial charge in [-0.25, -0.2) is 0 Å². The molecule has 0 heterocycles. The normalized spacial score (nSPS) is 11.5. The van der Waals surface area contributed by atoms with E-state index < -0.39 is 11.7 Å². The van der Waals surface area contributed by atoms with Crippen molar-refractivity contribution in [3.63, 3.8) is 0 Å². The van der Waals surface area contributed by atoms with Crippen molar-refractivity contribution in [2.75, 3.05) is 0 Å². The van der Waals surface area contributed by atoms with Gasteiger partial charge in [0.2, 0.25) is 0 Å². The Balaban J connectivity index is 2.05. The van der Waals surface area contributed by atoms with E-state index in [-0.39, 0.29) is 17.7 Å². The molecule has 0 fully saturated rings. The first kappa shape index (κ1) is 16.1. The molecule has 3 aromatic rings. The topological polar surface area (TPSA) is 26.3 Å². The molecule has 24 heavy (non-hydrogen) atoms. The van der Waals surface area contributed by atoms with Crippen LogP contribution in [0, 0.1) is 0 Å². The van der Waals surface area contributed by atoms with Crippen LogP contribution in [0.2, 0.25) is 0 Å². The van der Waals surface area contributed by atoms with Gasteiger partial charge in [0.1, 0.15) is 24.2 Å². The maximum Gasteiger partial charge on any atom is 0.420 e. The third-order valence-corrected chi connectivity index (χ3v) is 3.66. The van der Waals surface area contributed by atoms with E-state index in [0.717, 1.165) is 5.56 Å². The van der Waals surface area contributed by atoms with E-state index in [1.165, 1.54) is 30.3 Å². The summed E-state index contributed by atoms with van der Waals surface area (Å²) in [7, 11) is 0. The first-order valence-electron chi connectivity index (χ1n) is 7.25. The van der Waals surface area contributed by atoms with Crippen molar-refractivity contribution < 1.29 is 22.7 Å². The molecule has 3 rings (SSSR count). The lowest BCUT2D eigenvalue weighted by Crippen LogP contribution is -2.10. The quantitative estimate of drug-likeness (QED) is 0.611. The summed E-state index contributed by atoms with van der Waals surface area (Å²) in [5, 5.41) is 0.359. The zero-order chi connectivity index (χ0) is 17.2. The van der Waals surface area contributed by atoms with Crippen molar-refractivity contribution in [2.45, 2.75) is 12.8 Å². The van der Waals surface area contributed by atoms with Crippen LogP contribution < -0.4 is 4.74 Å². The predicted octanol–water partition coefficient (Wildman–Crippen LogP) is 5.25. The van der Waals surface area contributed by atoms with E-state index in [4.69, 9.17) is 4.74 Å². The van der Waals surface area contributed by atoms with Crippen molar-refractivity contribution in [3.05, 3.63) is 77.4 Å².